The van der Waals surface area contributed by atoms with Crippen molar-refractivity contribution in [2.75, 3.05) is 0 Å². The highest BCUT2D eigenvalue weighted by molar-refractivity contribution is 5.96. The summed E-state index contributed by atoms with van der Waals surface area (Å²) >= 11 is 0. The lowest BCUT2D eigenvalue weighted by atomic mass is 10.3. The van der Waals surface area contributed by atoms with Gasteiger partial charge in [-0.3, -0.25) is 5.43 Å². The molecule has 2 rings (SSSR count). The smallest absolute Gasteiger partial charge is 0.161 e. The predicted octanol–water partition coefficient (Wildman–Crippen LogP) is 0.408. The van der Waals surface area contributed by atoms with Crippen molar-refractivity contribution in [3.05, 3.63) is 31.1 Å². The summed E-state index contributed by atoms with van der Waals surface area (Å²) < 4.78 is 0. The van der Waals surface area contributed by atoms with Crippen molar-refractivity contribution in [3.8, 4) is 0 Å². The third kappa shape index (κ3) is 0.614. The van der Waals surface area contributed by atoms with Gasteiger partial charge in [0.25, 0.3) is 0 Å². The fourth-order valence-corrected chi connectivity index (χ4v) is 0.808. The summed E-state index contributed by atoms with van der Waals surface area (Å²) in [6.07, 6.45) is 7.80. The Bertz CT molecular complexity index is 200. The van der Waals surface area contributed by atoms with Crippen LogP contribution in [0.15, 0.2) is 29.5 Å². The topological polar surface area (TPSA) is 27.6 Å². The molecule has 3 heteroatoms. The standard InChI is InChI=1S/C6H6N3/c1-2-4-9-5-7-8-6(9)3-1/h1-5,7H. The van der Waals surface area contributed by atoms with Crippen LogP contribution in [0.3, 0.4) is 0 Å². The largest absolute Gasteiger partial charge is 0.306 e. The highest BCUT2D eigenvalue weighted by Gasteiger charge is 2.12. The third-order valence-electron chi connectivity index (χ3n) is 1.24. The van der Waals surface area contributed by atoms with E-state index < -0.39 is 0 Å². The Hall–Kier alpha value is -1.25. The van der Waals surface area contributed by atoms with Crippen LogP contribution >= 0.6 is 0 Å². The van der Waals surface area contributed by atoms with Crippen LogP contribution in [0.5, 0.6) is 0 Å². The van der Waals surface area contributed by atoms with Crippen molar-refractivity contribution in [2.24, 2.45) is 5.10 Å². The van der Waals surface area contributed by atoms with E-state index >= 15 is 0 Å². The number of hydrogen-bond donors (Lipinski definition) is 1. The molecule has 0 aromatic heterocycles. The van der Waals surface area contributed by atoms with Gasteiger partial charge in [0, 0.05) is 6.20 Å². The Kier molecular flexibility index (Phi) is 0.828. The van der Waals surface area contributed by atoms with Crippen LogP contribution in [0.2, 0.25) is 0 Å². The van der Waals surface area contributed by atoms with E-state index in [9.17, 15) is 0 Å². The van der Waals surface area contributed by atoms with E-state index in [2.05, 4.69) is 10.5 Å². The molecule has 2 aliphatic heterocycles. The third-order valence-corrected chi connectivity index (χ3v) is 1.24. The molecule has 0 atom stereocenters. The lowest BCUT2D eigenvalue weighted by Gasteiger charge is -2.11. The predicted molar refractivity (Wildman–Crippen MR) is 35.0 cm³/mol. The number of hydrogen-bond acceptors (Lipinski definition) is 3. The minimum atomic E-state index is 0.942. The molecule has 0 saturated carbocycles. The highest BCUT2D eigenvalue weighted by Crippen LogP contribution is 2.06. The highest BCUT2D eigenvalue weighted by atomic mass is 15.5. The normalized spacial score (nSPS) is 21.3. The van der Waals surface area contributed by atoms with Crippen LogP contribution in [0.25, 0.3) is 0 Å². The summed E-state index contributed by atoms with van der Waals surface area (Å²) in [6, 6.07) is 0. The molecule has 0 amide bonds. The zero-order chi connectivity index (χ0) is 6.10. The van der Waals surface area contributed by atoms with Gasteiger partial charge < -0.3 is 4.90 Å². The monoisotopic (exact) mass is 120 g/mol. The average Bonchev–Trinajstić information content (AvgIpc) is 2.33. The number of amidine groups is 1. The van der Waals surface area contributed by atoms with Crippen molar-refractivity contribution in [3.63, 3.8) is 0 Å². The van der Waals surface area contributed by atoms with Gasteiger partial charge in [-0.15, -0.1) is 0 Å². The summed E-state index contributed by atoms with van der Waals surface area (Å²) in [7, 11) is 0. The summed E-state index contributed by atoms with van der Waals surface area (Å²) in [6.45, 7) is 1.80. The molecule has 45 valence electrons. The van der Waals surface area contributed by atoms with Crippen LogP contribution in [0.4, 0.5) is 0 Å². The van der Waals surface area contributed by atoms with Gasteiger partial charge in [0.15, 0.2) is 12.5 Å². The van der Waals surface area contributed by atoms with E-state index in [0.29, 0.717) is 0 Å². The van der Waals surface area contributed by atoms with Crippen LogP contribution in [0.1, 0.15) is 0 Å². The van der Waals surface area contributed by atoms with Crippen molar-refractivity contribution < 1.29 is 0 Å². The van der Waals surface area contributed by atoms with Gasteiger partial charge in [-0.25, -0.2) is 0 Å². The fourth-order valence-electron chi connectivity index (χ4n) is 0.808. The fraction of sp³-hybridized carbons (Fsp3) is 0. The van der Waals surface area contributed by atoms with Gasteiger partial charge in [-0.2, -0.15) is 5.10 Å². The zero-order valence-electron chi connectivity index (χ0n) is 4.78. The van der Waals surface area contributed by atoms with Crippen LogP contribution in [-0.2, 0) is 0 Å². The molecule has 0 fully saturated rings. The number of fused-ring (bicyclic) bond motifs is 1. The Labute approximate surface area is 53.3 Å². The number of nitrogens with one attached hydrogen (secondary N) is 1. The molecule has 1 N–H and O–H groups in total. The molecular formula is C6H6N3. The van der Waals surface area contributed by atoms with Gasteiger partial charge in [-0.05, 0) is 12.2 Å². The first-order chi connectivity index (χ1) is 4.47. The lowest BCUT2D eigenvalue weighted by molar-refractivity contribution is 0.655. The molecule has 0 saturated heterocycles. The number of allylic oxidation sites excluding steroid dienone is 2. The number of hydrazone groups is 1. The van der Waals surface area contributed by atoms with Crippen molar-refractivity contribution in [1.82, 2.24) is 10.3 Å². The molecule has 1 radical (unpaired) electrons. The molecule has 0 unspecified atom stereocenters. The Balaban J connectivity index is 2.33. The number of nitrogens with zero attached hydrogens (tertiary/aromatic N) is 2. The van der Waals surface area contributed by atoms with Gasteiger partial charge in [0.2, 0.25) is 0 Å². The summed E-state index contributed by atoms with van der Waals surface area (Å²) in [5, 5.41) is 3.96. The second-order valence-corrected chi connectivity index (χ2v) is 1.84. The first-order valence-corrected chi connectivity index (χ1v) is 2.76. The zero-order valence-corrected chi connectivity index (χ0v) is 4.78. The van der Waals surface area contributed by atoms with Gasteiger partial charge in [0.05, 0.1) is 0 Å². The van der Waals surface area contributed by atoms with E-state index in [4.69, 9.17) is 0 Å². The second-order valence-electron chi connectivity index (χ2n) is 1.84. The van der Waals surface area contributed by atoms with E-state index in [-0.39, 0.29) is 0 Å². The SMILES string of the molecule is [CH]1NN=C2C=CC=CN12. The lowest BCUT2D eigenvalue weighted by Crippen LogP contribution is -2.18. The van der Waals surface area contributed by atoms with Crippen molar-refractivity contribution in [2.45, 2.75) is 0 Å². The van der Waals surface area contributed by atoms with E-state index in [1.54, 1.807) is 6.67 Å². The van der Waals surface area contributed by atoms with E-state index in [0.717, 1.165) is 5.84 Å². The summed E-state index contributed by atoms with van der Waals surface area (Å²) in [5.74, 6) is 0.942. The Morgan fingerprint density at radius 1 is 1.44 bits per heavy atom. The van der Waals surface area contributed by atoms with E-state index in [1.807, 2.05) is 29.3 Å². The van der Waals surface area contributed by atoms with E-state index in [1.165, 1.54) is 0 Å². The average molecular weight is 120 g/mol. The van der Waals surface area contributed by atoms with Crippen LogP contribution < -0.4 is 5.43 Å². The first-order valence-electron chi connectivity index (χ1n) is 2.76. The maximum Gasteiger partial charge on any atom is 0.161 e. The molecular weight excluding hydrogens is 114 g/mol. The van der Waals surface area contributed by atoms with Crippen LogP contribution in [0, 0.1) is 6.67 Å². The Morgan fingerprint density at radius 3 is 3.33 bits per heavy atom. The first kappa shape index (κ1) is 4.61. The maximum atomic E-state index is 3.96. The maximum absolute atomic E-state index is 3.96. The molecule has 0 aromatic rings. The quantitative estimate of drug-likeness (QED) is 0.501. The van der Waals surface area contributed by atoms with Crippen molar-refractivity contribution >= 4 is 5.84 Å². The molecule has 0 aliphatic carbocycles. The van der Waals surface area contributed by atoms with Gasteiger partial charge in [0.1, 0.15) is 0 Å². The molecule has 9 heavy (non-hydrogen) atoms. The minimum Gasteiger partial charge on any atom is -0.306 e. The molecule has 2 heterocycles. The molecule has 2 aliphatic rings. The summed E-state index contributed by atoms with van der Waals surface area (Å²) in [4.78, 5) is 1.92. The minimum absolute atomic E-state index is 0.942. The van der Waals surface area contributed by atoms with Gasteiger partial charge >= 0.3 is 0 Å². The molecule has 0 bridgehead atoms. The molecule has 0 aromatic carbocycles. The van der Waals surface area contributed by atoms with Gasteiger partial charge in [-0.1, -0.05) is 6.08 Å². The number of rotatable bonds is 0. The summed E-state index contributed by atoms with van der Waals surface area (Å²) in [5.41, 5.74) is 2.75. The van der Waals surface area contributed by atoms with Crippen molar-refractivity contribution in [1.29, 1.82) is 0 Å². The molecule has 0 spiro atoms. The second kappa shape index (κ2) is 1.62. The van der Waals surface area contributed by atoms with Crippen LogP contribution in [-0.4, -0.2) is 10.7 Å². The molecule has 3 nitrogen and oxygen atoms in total. The Morgan fingerprint density at radius 2 is 2.44 bits per heavy atom.